The Bertz CT molecular complexity index is 414. The summed E-state index contributed by atoms with van der Waals surface area (Å²) < 4.78 is 4.80. The van der Waals surface area contributed by atoms with Crippen molar-refractivity contribution in [1.82, 2.24) is 4.90 Å². The van der Waals surface area contributed by atoms with Crippen LogP contribution in [0.3, 0.4) is 0 Å². The lowest BCUT2D eigenvalue weighted by atomic mass is 10.0. The van der Waals surface area contributed by atoms with Crippen molar-refractivity contribution in [2.75, 3.05) is 6.54 Å². The SMILES string of the molecule is NCC(=O)OC1=C(C(=O)O)N2C(=O)CC2C1. The van der Waals surface area contributed by atoms with Crippen LogP contribution in [-0.4, -0.2) is 40.4 Å². The van der Waals surface area contributed by atoms with Crippen LogP contribution >= 0.6 is 0 Å². The number of nitrogens with zero attached hydrogens (tertiary/aromatic N) is 1. The minimum absolute atomic E-state index is 0.0267. The molecule has 0 radical (unpaired) electrons. The van der Waals surface area contributed by atoms with Gasteiger partial charge in [-0.25, -0.2) is 4.79 Å². The Hall–Kier alpha value is -1.89. The van der Waals surface area contributed by atoms with Crippen LogP contribution in [0.5, 0.6) is 0 Å². The molecule has 0 aromatic carbocycles. The van der Waals surface area contributed by atoms with E-state index in [0.717, 1.165) is 4.90 Å². The maximum atomic E-state index is 11.2. The molecule has 2 aliphatic heterocycles. The smallest absolute Gasteiger partial charge is 0.356 e. The number of carboxylic acid groups (broad SMARTS) is 1. The molecule has 1 amide bonds. The molecule has 0 aromatic heterocycles. The average Bonchev–Trinajstić information content (AvgIpc) is 2.51. The first-order valence-electron chi connectivity index (χ1n) is 4.74. The highest BCUT2D eigenvalue weighted by atomic mass is 16.5. The van der Waals surface area contributed by atoms with Gasteiger partial charge in [0.1, 0.15) is 5.76 Å². The first-order valence-corrected chi connectivity index (χ1v) is 4.74. The van der Waals surface area contributed by atoms with Gasteiger partial charge >= 0.3 is 11.9 Å². The van der Waals surface area contributed by atoms with E-state index < -0.39 is 11.9 Å². The minimum Gasteiger partial charge on any atom is -0.476 e. The Morgan fingerprint density at radius 2 is 2.19 bits per heavy atom. The fourth-order valence-electron chi connectivity index (χ4n) is 1.89. The van der Waals surface area contributed by atoms with E-state index in [1.807, 2.05) is 0 Å². The minimum atomic E-state index is -1.27. The summed E-state index contributed by atoms with van der Waals surface area (Å²) in [7, 11) is 0. The first kappa shape index (κ1) is 10.6. The number of β-lactam (4-membered cyclic amide) rings is 1. The fourth-order valence-corrected chi connectivity index (χ4v) is 1.89. The van der Waals surface area contributed by atoms with E-state index in [0.29, 0.717) is 6.42 Å². The van der Waals surface area contributed by atoms with E-state index in [2.05, 4.69) is 0 Å². The van der Waals surface area contributed by atoms with Gasteiger partial charge in [-0.05, 0) is 0 Å². The zero-order chi connectivity index (χ0) is 11.9. The number of hydrogen-bond acceptors (Lipinski definition) is 5. The van der Waals surface area contributed by atoms with E-state index in [1.54, 1.807) is 0 Å². The second-order valence-corrected chi connectivity index (χ2v) is 3.58. The molecule has 7 nitrogen and oxygen atoms in total. The quantitative estimate of drug-likeness (QED) is 0.461. The van der Waals surface area contributed by atoms with Crippen molar-refractivity contribution in [2.24, 2.45) is 5.73 Å². The molecule has 0 aliphatic carbocycles. The number of ether oxygens (including phenoxy) is 1. The Labute approximate surface area is 90.4 Å². The summed E-state index contributed by atoms with van der Waals surface area (Å²) in [5.41, 5.74) is 4.83. The molecule has 0 bridgehead atoms. The largest absolute Gasteiger partial charge is 0.476 e. The number of carbonyl (C=O) groups excluding carboxylic acids is 2. The molecule has 2 heterocycles. The molecule has 0 aromatic rings. The van der Waals surface area contributed by atoms with Crippen molar-refractivity contribution < 1.29 is 24.2 Å². The summed E-state index contributed by atoms with van der Waals surface area (Å²) in [5.74, 6) is -2.21. The number of rotatable bonds is 3. The standard InChI is InChI=1S/C9H10N2O5/c10-3-7(13)16-5-1-4-2-6(12)11(4)8(5)9(14)15/h4H,1-3,10H2,(H,14,15). The lowest BCUT2D eigenvalue weighted by Crippen LogP contribution is -2.49. The van der Waals surface area contributed by atoms with Crippen LogP contribution in [0.4, 0.5) is 0 Å². The molecule has 3 N–H and O–H groups in total. The van der Waals surface area contributed by atoms with Gasteiger partial charge in [0, 0.05) is 12.8 Å². The molecule has 2 aliphatic rings. The van der Waals surface area contributed by atoms with Crippen LogP contribution < -0.4 is 5.73 Å². The van der Waals surface area contributed by atoms with Crippen molar-refractivity contribution in [2.45, 2.75) is 18.9 Å². The summed E-state index contributed by atoms with van der Waals surface area (Å²) in [6.07, 6.45) is 0.555. The van der Waals surface area contributed by atoms with Gasteiger partial charge in [-0.1, -0.05) is 0 Å². The van der Waals surface area contributed by atoms with E-state index in [1.165, 1.54) is 0 Å². The second-order valence-electron chi connectivity index (χ2n) is 3.58. The van der Waals surface area contributed by atoms with Crippen molar-refractivity contribution in [3.8, 4) is 0 Å². The number of aliphatic carboxylic acids is 1. The van der Waals surface area contributed by atoms with E-state index in [-0.39, 0.29) is 36.4 Å². The Morgan fingerprint density at radius 3 is 2.69 bits per heavy atom. The van der Waals surface area contributed by atoms with Gasteiger partial charge in [0.2, 0.25) is 5.91 Å². The molecule has 2 rings (SSSR count). The summed E-state index contributed by atoms with van der Waals surface area (Å²) >= 11 is 0. The third-order valence-electron chi connectivity index (χ3n) is 2.58. The number of fused-ring (bicyclic) bond motifs is 1. The molecular formula is C9H10N2O5. The highest BCUT2D eigenvalue weighted by Gasteiger charge is 2.48. The predicted octanol–water partition coefficient (Wildman–Crippen LogP) is -1.21. The van der Waals surface area contributed by atoms with E-state index >= 15 is 0 Å². The number of hydrogen-bond donors (Lipinski definition) is 2. The number of nitrogens with two attached hydrogens (primary N) is 1. The van der Waals surface area contributed by atoms with Crippen LogP contribution in [0, 0.1) is 0 Å². The van der Waals surface area contributed by atoms with Gasteiger partial charge < -0.3 is 15.6 Å². The molecule has 1 atom stereocenters. The average molecular weight is 226 g/mol. The highest BCUT2D eigenvalue weighted by Crippen LogP contribution is 2.38. The van der Waals surface area contributed by atoms with Crippen LogP contribution in [0.1, 0.15) is 12.8 Å². The van der Waals surface area contributed by atoms with Crippen molar-refractivity contribution in [3.05, 3.63) is 11.5 Å². The van der Waals surface area contributed by atoms with Gasteiger partial charge in [0.25, 0.3) is 0 Å². The lowest BCUT2D eigenvalue weighted by Gasteiger charge is -2.34. The van der Waals surface area contributed by atoms with Gasteiger partial charge in [-0.15, -0.1) is 0 Å². The lowest BCUT2D eigenvalue weighted by molar-refractivity contribution is -0.147. The molecule has 1 unspecified atom stereocenters. The molecule has 0 saturated carbocycles. The van der Waals surface area contributed by atoms with Crippen LogP contribution in [-0.2, 0) is 19.1 Å². The van der Waals surface area contributed by atoms with Gasteiger partial charge in [-0.3, -0.25) is 14.5 Å². The zero-order valence-corrected chi connectivity index (χ0v) is 8.30. The van der Waals surface area contributed by atoms with E-state index in [9.17, 15) is 14.4 Å². The predicted molar refractivity (Wildman–Crippen MR) is 49.7 cm³/mol. The van der Waals surface area contributed by atoms with Gasteiger partial charge in [0.05, 0.1) is 12.6 Å². The molecule has 16 heavy (non-hydrogen) atoms. The normalized spacial score (nSPS) is 22.9. The Morgan fingerprint density at radius 1 is 1.50 bits per heavy atom. The zero-order valence-electron chi connectivity index (χ0n) is 8.30. The fraction of sp³-hybridized carbons (Fsp3) is 0.444. The number of carbonyl (C=O) groups is 3. The molecular weight excluding hydrogens is 216 g/mol. The van der Waals surface area contributed by atoms with Gasteiger partial charge in [-0.2, -0.15) is 0 Å². The third kappa shape index (κ3) is 1.45. The number of amides is 1. The Balaban J connectivity index is 2.25. The molecule has 7 heteroatoms. The van der Waals surface area contributed by atoms with E-state index in [4.69, 9.17) is 15.6 Å². The summed E-state index contributed by atoms with van der Waals surface area (Å²) in [4.78, 5) is 34.3. The maximum Gasteiger partial charge on any atom is 0.356 e. The van der Waals surface area contributed by atoms with Crippen LogP contribution in [0.15, 0.2) is 11.5 Å². The monoisotopic (exact) mass is 226 g/mol. The highest BCUT2D eigenvalue weighted by molar-refractivity contribution is 5.98. The summed E-state index contributed by atoms with van der Waals surface area (Å²) in [5, 5.41) is 8.93. The molecule has 86 valence electrons. The van der Waals surface area contributed by atoms with Crippen LogP contribution in [0.25, 0.3) is 0 Å². The maximum absolute atomic E-state index is 11.2. The first-order chi connectivity index (χ1) is 7.54. The summed E-state index contributed by atoms with van der Waals surface area (Å²) in [6.45, 7) is -0.324. The van der Waals surface area contributed by atoms with Gasteiger partial charge in [0.15, 0.2) is 5.70 Å². The number of carboxylic acids is 1. The topological polar surface area (TPSA) is 110 Å². The molecule has 1 fully saturated rings. The number of esters is 1. The second kappa shape index (κ2) is 3.60. The third-order valence-corrected chi connectivity index (χ3v) is 2.58. The van der Waals surface area contributed by atoms with Crippen molar-refractivity contribution >= 4 is 17.8 Å². The van der Waals surface area contributed by atoms with Crippen molar-refractivity contribution in [1.29, 1.82) is 0 Å². The Kier molecular flexibility index (Phi) is 2.39. The van der Waals surface area contributed by atoms with Crippen molar-refractivity contribution in [3.63, 3.8) is 0 Å². The molecule has 1 saturated heterocycles. The van der Waals surface area contributed by atoms with Crippen LogP contribution in [0.2, 0.25) is 0 Å². The molecule has 0 spiro atoms. The summed E-state index contributed by atoms with van der Waals surface area (Å²) in [6, 6.07) is -0.181.